The van der Waals surface area contributed by atoms with Gasteiger partial charge in [-0.15, -0.1) is 5.10 Å². The van der Waals surface area contributed by atoms with Crippen LogP contribution >= 0.6 is 0 Å². The lowest BCUT2D eigenvalue weighted by Gasteiger charge is -2.41. The summed E-state index contributed by atoms with van der Waals surface area (Å²) in [4.78, 5) is 5.09. The first kappa shape index (κ1) is 24.3. The summed E-state index contributed by atoms with van der Waals surface area (Å²) in [7, 11) is -3.57. The molecule has 1 fully saturated rings. The summed E-state index contributed by atoms with van der Waals surface area (Å²) >= 11 is 0. The van der Waals surface area contributed by atoms with E-state index in [1.165, 1.54) is 21.5 Å². The molecule has 2 heterocycles. The summed E-state index contributed by atoms with van der Waals surface area (Å²) in [5, 5.41) is 12.2. The Morgan fingerprint density at radius 2 is 1.62 bits per heavy atom. The van der Waals surface area contributed by atoms with E-state index in [0.717, 1.165) is 31.7 Å². The molecular weight excluding hydrogens is 448 g/mol. The predicted molar refractivity (Wildman–Crippen MR) is 133 cm³/mol. The molecule has 0 radical (unpaired) electrons. The van der Waals surface area contributed by atoms with Crippen LogP contribution in [0.3, 0.4) is 0 Å². The van der Waals surface area contributed by atoms with Gasteiger partial charge < -0.3 is 4.90 Å². The molecule has 1 unspecified atom stereocenters. The number of piperazine rings is 1. The lowest BCUT2D eigenvalue weighted by Crippen LogP contribution is -2.49. The van der Waals surface area contributed by atoms with Crippen LogP contribution in [0, 0.1) is 26.7 Å². The number of tetrazole rings is 1. The van der Waals surface area contributed by atoms with Crippen LogP contribution < -0.4 is 4.90 Å². The van der Waals surface area contributed by atoms with Crippen molar-refractivity contribution in [3.8, 4) is 0 Å². The Labute approximate surface area is 202 Å². The summed E-state index contributed by atoms with van der Waals surface area (Å²) in [6.45, 7) is 14.0. The average molecular weight is 483 g/mol. The van der Waals surface area contributed by atoms with E-state index in [1.54, 1.807) is 24.3 Å². The molecule has 0 bridgehead atoms. The zero-order valence-electron chi connectivity index (χ0n) is 20.6. The van der Waals surface area contributed by atoms with Gasteiger partial charge in [0.05, 0.1) is 10.9 Å². The Hall–Kier alpha value is -2.78. The summed E-state index contributed by atoms with van der Waals surface area (Å²) in [5.74, 6) is 0.550. The van der Waals surface area contributed by atoms with E-state index in [1.807, 2.05) is 6.92 Å². The normalized spacial score (nSPS) is 16.2. The molecule has 9 heteroatoms. The van der Waals surface area contributed by atoms with Gasteiger partial charge in [-0.05, 0) is 66.4 Å². The maximum absolute atomic E-state index is 13.1. The number of hydrogen-bond acceptors (Lipinski definition) is 7. The van der Waals surface area contributed by atoms with Gasteiger partial charge in [0.1, 0.15) is 0 Å². The maximum atomic E-state index is 13.1. The first-order valence-corrected chi connectivity index (χ1v) is 13.4. The predicted octanol–water partition coefficient (Wildman–Crippen LogP) is 3.55. The zero-order valence-corrected chi connectivity index (χ0v) is 21.5. The number of hydrogen-bond donors (Lipinski definition) is 0. The quantitative estimate of drug-likeness (QED) is 0.509. The first-order valence-electron chi connectivity index (χ1n) is 11.8. The molecule has 4 rings (SSSR count). The minimum Gasteiger partial charge on any atom is -0.369 e. The second kappa shape index (κ2) is 9.84. The number of benzene rings is 2. The minimum absolute atomic E-state index is 0.0658. The molecule has 8 nitrogen and oxygen atoms in total. The van der Waals surface area contributed by atoms with Crippen LogP contribution in [0.25, 0.3) is 0 Å². The van der Waals surface area contributed by atoms with Gasteiger partial charge in [-0.3, -0.25) is 4.90 Å². The van der Waals surface area contributed by atoms with Gasteiger partial charge in [-0.2, -0.15) is 0 Å². The Morgan fingerprint density at radius 1 is 0.941 bits per heavy atom. The van der Waals surface area contributed by atoms with Crippen LogP contribution in [0.2, 0.25) is 0 Å². The highest BCUT2D eigenvalue weighted by Crippen LogP contribution is 2.30. The summed E-state index contributed by atoms with van der Waals surface area (Å²) < 4.78 is 27.6. The summed E-state index contributed by atoms with van der Waals surface area (Å²) in [6, 6.07) is 13.3. The smallest absolute Gasteiger partial charge is 0.198 e. The molecule has 34 heavy (non-hydrogen) atoms. The van der Waals surface area contributed by atoms with Crippen LogP contribution in [0.5, 0.6) is 0 Å². The van der Waals surface area contributed by atoms with Crippen molar-refractivity contribution in [3.63, 3.8) is 0 Å². The highest BCUT2D eigenvalue weighted by molar-refractivity contribution is 7.90. The molecular formula is C25H34N6O2S. The lowest BCUT2D eigenvalue weighted by molar-refractivity contribution is 0.135. The number of aryl methyl sites for hydroxylation is 2. The van der Waals surface area contributed by atoms with E-state index >= 15 is 0 Å². The highest BCUT2D eigenvalue weighted by atomic mass is 32.2. The van der Waals surface area contributed by atoms with Crippen molar-refractivity contribution in [1.82, 2.24) is 25.1 Å². The number of rotatable bonds is 7. The Kier molecular flexibility index (Phi) is 7.04. The third-order valence-electron chi connectivity index (χ3n) is 6.75. The second-order valence-electron chi connectivity index (χ2n) is 9.52. The zero-order chi connectivity index (χ0) is 24.5. The number of anilines is 1. The van der Waals surface area contributed by atoms with Gasteiger partial charge in [0.2, 0.25) is 0 Å². The van der Waals surface area contributed by atoms with Crippen molar-refractivity contribution >= 4 is 15.5 Å². The van der Waals surface area contributed by atoms with Crippen LogP contribution in [-0.4, -0.2) is 59.7 Å². The topological polar surface area (TPSA) is 84.2 Å². The van der Waals surface area contributed by atoms with Crippen molar-refractivity contribution in [2.75, 3.05) is 31.1 Å². The molecule has 1 aromatic heterocycles. The molecule has 1 aliphatic heterocycles. The molecule has 0 spiro atoms. The van der Waals surface area contributed by atoms with Gasteiger partial charge in [-0.25, -0.2) is 13.1 Å². The molecule has 0 N–H and O–H groups in total. The standard InChI is InChI=1S/C25H34N6O2S/c1-18(2)24(30-15-13-29(14-16-30)23-8-6-7-20(4)21(23)5)25-26-27-28-31(25)17-34(32,33)22-11-9-19(3)10-12-22/h6-12,18,24H,13-17H2,1-5H3. The first-order chi connectivity index (χ1) is 16.2. The molecule has 0 amide bonds. The van der Waals surface area contributed by atoms with Crippen molar-refractivity contribution < 1.29 is 8.42 Å². The van der Waals surface area contributed by atoms with Gasteiger partial charge >= 0.3 is 0 Å². The van der Waals surface area contributed by atoms with E-state index in [9.17, 15) is 8.42 Å². The molecule has 0 saturated carbocycles. The van der Waals surface area contributed by atoms with Gasteiger partial charge in [-0.1, -0.05) is 43.7 Å². The number of sulfone groups is 1. The van der Waals surface area contributed by atoms with Gasteiger partial charge in [0.15, 0.2) is 21.5 Å². The van der Waals surface area contributed by atoms with E-state index in [4.69, 9.17) is 0 Å². The van der Waals surface area contributed by atoms with E-state index < -0.39 is 9.84 Å². The van der Waals surface area contributed by atoms with Crippen molar-refractivity contribution in [1.29, 1.82) is 0 Å². The van der Waals surface area contributed by atoms with Crippen LogP contribution in [0.1, 0.15) is 42.4 Å². The van der Waals surface area contributed by atoms with Crippen molar-refractivity contribution in [2.45, 2.75) is 51.4 Å². The molecule has 1 atom stereocenters. The largest absolute Gasteiger partial charge is 0.369 e. The Balaban J connectivity index is 1.53. The molecule has 2 aromatic carbocycles. The SMILES string of the molecule is Cc1ccc(S(=O)(=O)Cn2nnnc2C(C(C)C)N2CCN(c3cccc(C)c3C)CC2)cc1. The van der Waals surface area contributed by atoms with Gasteiger partial charge in [0.25, 0.3) is 0 Å². The molecule has 3 aromatic rings. The van der Waals surface area contributed by atoms with Crippen LogP contribution in [0.4, 0.5) is 5.69 Å². The number of aromatic nitrogens is 4. The fraction of sp³-hybridized carbons (Fsp3) is 0.480. The van der Waals surface area contributed by atoms with E-state index in [2.05, 4.69) is 71.2 Å². The average Bonchev–Trinajstić information content (AvgIpc) is 3.23. The Morgan fingerprint density at radius 3 is 2.26 bits per heavy atom. The monoisotopic (exact) mass is 482 g/mol. The molecule has 1 saturated heterocycles. The van der Waals surface area contributed by atoms with Crippen LogP contribution in [0.15, 0.2) is 47.4 Å². The van der Waals surface area contributed by atoms with E-state index in [0.29, 0.717) is 5.82 Å². The van der Waals surface area contributed by atoms with Gasteiger partial charge in [0, 0.05) is 31.9 Å². The third-order valence-corrected chi connectivity index (χ3v) is 8.33. The summed E-state index contributed by atoms with van der Waals surface area (Å²) in [6.07, 6.45) is 0. The fourth-order valence-corrected chi connectivity index (χ4v) is 5.90. The lowest BCUT2D eigenvalue weighted by atomic mass is 10.00. The van der Waals surface area contributed by atoms with Crippen molar-refractivity contribution in [3.05, 3.63) is 65.0 Å². The maximum Gasteiger partial charge on any atom is 0.198 e. The van der Waals surface area contributed by atoms with E-state index in [-0.39, 0.29) is 22.7 Å². The molecule has 0 aliphatic carbocycles. The molecule has 1 aliphatic rings. The van der Waals surface area contributed by atoms with Crippen molar-refractivity contribution in [2.24, 2.45) is 5.92 Å². The molecule has 182 valence electrons. The highest BCUT2D eigenvalue weighted by Gasteiger charge is 2.33. The third kappa shape index (κ3) is 5.00. The number of nitrogens with zero attached hydrogens (tertiary/aromatic N) is 6. The minimum atomic E-state index is -3.57. The fourth-order valence-electron chi connectivity index (χ4n) is 4.70. The van der Waals surface area contributed by atoms with Crippen LogP contribution in [-0.2, 0) is 15.7 Å². The summed E-state index contributed by atoms with van der Waals surface area (Å²) in [5.41, 5.74) is 4.92. The second-order valence-corrected chi connectivity index (χ2v) is 11.5. The Bertz CT molecular complexity index is 1230.